The van der Waals surface area contributed by atoms with Crippen molar-refractivity contribution in [1.82, 2.24) is 29.8 Å². The molecule has 3 heterocycles. The van der Waals surface area contributed by atoms with Gasteiger partial charge in [0.25, 0.3) is 0 Å². The molecule has 25 heavy (non-hydrogen) atoms. The van der Waals surface area contributed by atoms with Gasteiger partial charge in [0.1, 0.15) is 0 Å². The molecule has 128 valence electrons. The van der Waals surface area contributed by atoms with Crippen LogP contribution < -0.4 is 15.5 Å². The Hall–Kier alpha value is -3.07. The van der Waals surface area contributed by atoms with Crippen LogP contribution in [0.5, 0.6) is 0 Å². The van der Waals surface area contributed by atoms with Crippen molar-refractivity contribution in [2.24, 2.45) is 0 Å². The first-order chi connectivity index (χ1) is 12.3. The van der Waals surface area contributed by atoms with E-state index in [1.165, 1.54) is 14.3 Å². The maximum Gasteiger partial charge on any atom is 0.373 e. The first kappa shape index (κ1) is 15.5. The van der Waals surface area contributed by atoms with Crippen LogP contribution in [0.1, 0.15) is 0 Å². The summed E-state index contributed by atoms with van der Waals surface area (Å²) in [5.41, 5.74) is 0.507. The second-order valence-electron chi connectivity index (χ2n) is 5.95. The van der Waals surface area contributed by atoms with Crippen LogP contribution >= 0.6 is 0 Å². The van der Waals surface area contributed by atoms with Crippen LogP contribution in [0.25, 0.3) is 5.69 Å². The highest BCUT2D eigenvalue weighted by Gasteiger charge is 2.23. The Kier molecular flexibility index (Phi) is 4.21. The number of anilines is 1. The summed E-state index contributed by atoms with van der Waals surface area (Å²) in [4.78, 5) is 24.5. The number of hydrogen-bond acceptors (Lipinski definition) is 6. The van der Waals surface area contributed by atoms with E-state index in [4.69, 9.17) is 0 Å². The normalized spacial score (nSPS) is 15.4. The number of quaternary nitrogens is 1. The van der Waals surface area contributed by atoms with Crippen molar-refractivity contribution in [2.45, 2.75) is 6.67 Å². The summed E-state index contributed by atoms with van der Waals surface area (Å²) >= 11 is 0. The van der Waals surface area contributed by atoms with Gasteiger partial charge in [-0.05, 0) is 28.6 Å². The third-order valence-corrected chi connectivity index (χ3v) is 4.32. The Morgan fingerprint density at radius 3 is 2.40 bits per heavy atom. The Balaban J connectivity index is 1.41. The zero-order chi connectivity index (χ0) is 17.1. The molecular formula is C16H19N8O+. The van der Waals surface area contributed by atoms with E-state index in [-0.39, 0.29) is 5.69 Å². The van der Waals surface area contributed by atoms with Crippen molar-refractivity contribution in [3.63, 3.8) is 0 Å². The Morgan fingerprint density at radius 1 is 0.960 bits per heavy atom. The summed E-state index contributed by atoms with van der Waals surface area (Å²) in [6, 6.07) is 11.1. The minimum absolute atomic E-state index is 0.215. The first-order valence-electron chi connectivity index (χ1n) is 8.25. The molecule has 1 N–H and O–H groups in total. The van der Waals surface area contributed by atoms with Crippen molar-refractivity contribution in [3.05, 3.63) is 59.3 Å². The predicted octanol–water partition coefficient (Wildman–Crippen LogP) is -1.42. The molecule has 1 aliphatic heterocycles. The lowest BCUT2D eigenvalue weighted by molar-refractivity contribution is -0.924. The predicted molar refractivity (Wildman–Crippen MR) is 90.6 cm³/mol. The lowest BCUT2D eigenvalue weighted by Crippen LogP contribution is -3.14. The molecule has 0 bridgehead atoms. The average Bonchev–Trinajstić information content (AvgIpc) is 3.04. The maximum atomic E-state index is 12.5. The fourth-order valence-electron chi connectivity index (χ4n) is 2.95. The third kappa shape index (κ3) is 3.26. The van der Waals surface area contributed by atoms with Gasteiger partial charge in [0.2, 0.25) is 5.95 Å². The van der Waals surface area contributed by atoms with Gasteiger partial charge in [0.05, 0.1) is 31.9 Å². The number of rotatable bonds is 4. The molecule has 3 aromatic rings. The summed E-state index contributed by atoms with van der Waals surface area (Å²) in [6.45, 7) is 3.99. The summed E-state index contributed by atoms with van der Waals surface area (Å²) in [7, 11) is 0. The topological polar surface area (TPSA) is 86.2 Å². The van der Waals surface area contributed by atoms with Crippen LogP contribution in [0, 0.1) is 0 Å². The molecule has 0 radical (unpaired) electrons. The number of hydrogen-bond donors (Lipinski definition) is 1. The number of tetrazole rings is 1. The van der Waals surface area contributed by atoms with Gasteiger partial charge in [-0.25, -0.2) is 14.8 Å². The molecule has 1 fully saturated rings. The van der Waals surface area contributed by atoms with Crippen LogP contribution in [-0.2, 0) is 6.67 Å². The van der Waals surface area contributed by atoms with Crippen LogP contribution in [0.4, 0.5) is 5.95 Å². The monoisotopic (exact) mass is 339 g/mol. The Labute approximate surface area is 144 Å². The van der Waals surface area contributed by atoms with E-state index in [1.807, 2.05) is 36.4 Å². The summed E-state index contributed by atoms with van der Waals surface area (Å²) in [5.74, 6) is 0.758. The summed E-state index contributed by atoms with van der Waals surface area (Å²) in [5, 5.41) is 8.01. The van der Waals surface area contributed by atoms with Gasteiger partial charge in [0, 0.05) is 12.4 Å². The van der Waals surface area contributed by atoms with Crippen molar-refractivity contribution in [2.75, 3.05) is 31.1 Å². The van der Waals surface area contributed by atoms with E-state index < -0.39 is 0 Å². The number of piperazine rings is 1. The Morgan fingerprint density at radius 2 is 1.68 bits per heavy atom. The van der Waals surface area contributed by atoms with Gasteiger partial charge < -0.3 is 9.80 Å². The first-order valence-corrected chi connectivity index (χ1v) is 8.25. The molecule has 0 amide bonds. The number of benzene rings is 1. The van der Waals surface area contributed by atoms with Crippen LogP contribution in [0.15, 0.2) is 53.6 Å². The second-order valence-corrected chi connectivity index (χ2v) is 5.95. The molecule has 2 aromatic heterocycles. The zero-order valence-electron chi connectivity index (χ0n) is 13.7. The van der Waals surface area contributed by atoms with Crippen molar-refractivity contribution < 1.29 is 4.90 Å². The molecule has 9 heteroatoms. The van der Waals surface area contributed by atoms with E-state index in [0.717, 1.165) is 37.8 Å². The fraction of sp³-hybridized carbons (Fsp3) is 0.312. The standard InChI is InChI=1S/C16H18N8O/c25-16-23(19-20-24(16)14-5-2-1-3-6-14)13-21-9-11-22(12-10-21)15-17-7-4-8-18-15/h1-8H,9-13H2/p+1. The van der Waals surface area contributed by atoms with Crippen LogP contribution in [0.3, 0.4) is 0 Å². The molecule has 1 aromatic carbocycles. The van der Waals surface area contributed by atoms with E-state index in [0.29, 0.717) is 6.67 Å². The van der Waals surface area contributed by atoms with Crippen molar-refractivity contribution in [3.8, 4) is 5.69 Å². The van der Waals surface area contributed by atoms with Crippen LogP contribution in [0.2, 0.25) is 0 Å². The quantitative estimate of drug-likeness (QED) is 0.628. The highest BCUT2D eigenvalue weighted by molar-refractivity contribution is 5.29. The molecule has 0 unspecified atom stereocenters. The number of para-hydroxylation sites is 1. The van der Waals surface area contributed by atoms with Gasteiger partial charge in [-0.1, -0.05) is 18.2 Å². The molecule has 1 saturated heterocycles. The molecule has 0 atom stereocenters. The molecule has 0 aliphatic carbocycles. The molecule has 0 spiro atoms. The largest absolute Gasteiger partial charge is 0.373 e. The number of aromatic nitrogens is 6. The van der Waals surface area contributed by atoms with Gasteiger partial charge in [-0.2, -0.15) is 4.68 Å². The highest BCUT2D eigenvalue weighted by Crippen LogP contribution is 2.04. The molecule has 4 rings (SSSR count). The molecule has 9 nitrogen and oxygen atoms in total. The smallest absolute Gasteiger partial charge is 0.330 e. The summed E-state index contributed by atoms with van der Waals surface area (Å²) in [6.07, 6.45) is 3.51. The zero-order valence-corrected chi connectivity index (χ0v) is 13.7. The van der Waals surface area contributed by atoms with Gasteiger partial charge in [0.15, 0.2) is 6.67 Å². The second kappa shape index (κ2) is 6.81. The lowest BCUT2D eigenvalue weighted by Gasteiger charge is -2.31. The van der Waals surface area contributed by atoms with Gasteiger partial charge >= 0.3 is 5.69 Å². The maximum absolute atomic E-state index is 12.5. The highest BCUT2D eigenvalue weighted by atomic mass is 16.2. The third-order valence-electron chi connectivity index (χ3n) is 4.32. The number of nitrogens with one attached hydrogen (secondary N) is 1. The van der Waals surface area contributed by atoms with Crippen molar-refractivity contribution in [1.29, 1.82) is 0 Å². The van der Waals surface area contributed by atoms with Gasteiger partial charge in [-0.15, -0.1) is 4.68 Å². The van der Waals surface area contributed by atoms with E-state index in [1.54, 1.807) is 12.4 Å². The van der Waals surface area contributed by atoms with E-state index >= 15 is 0 Å². The van der Waals surface area contributed by atoms with Crippen LogP contribution in [-0.4, -0.2) is 55.9 Å². The Bertz CT molecular complexity index is 868. The lowest BCUT2D eigenvalue weighted by atomic mass is 10.3. The minimum Gasteiger partial charge on any atom is -0.330 e. The minimum atomic E-state index is -0.215. The number of nitrogens with zero attached hydrogens (tertiary/aromatic N) is 7. The van der Waals surface area contributed by atoms with E-state index in [2.05, 4.69) is 25.3 Å². The van der Waals surface area contributed by atoms with Gasteiger partial charge in [-0.3, -0.25) is 0 Å². The van der Waals surface area contributed by atoms with Crippen molar-refractivity contribution >= 4 is 5.95 Å². The average molecular weight is 339 g/mol. The SMILES string of the molecule is O=c1n(C[NH+]2CCN(c3ncccn3)CC2)nnn1-c1ccccc1. The fourth-order valence-corrected chi connectivity index (χ4v) is 2.95. The molecule has 0 saturated carbocycles. The molecular weight excluding hydrogens is 320 g/mol. The molecule has 1 aliphatic rings. The summed E-state index contributed by atoms with van der Waals surface area (Å²) < 4.78 is 2.75. The van der Waals surface area contributed by atoms with E-state index in [9.17, 15) is 4.79 Å².